The van der Waals surface area contributed by atoms with Crippen molar-refractivity contribution < 1.29 is 19.3 Å². The van der Waals surface area contributed by atoms with Crippen LogP contribution in [0.25, 0.3) is 6.08 Å². The quantitative estimate of drug-likeness (QED) is 0.0719. The van der Waals surface area contributed by atoms with Crippen LogP contribution in [0.4, 0.5) is 17.1 Å². The maximum Gasteiger partial charge on any atom is 0.272 e. The third-order valence-corrected chi connectivity index (χ3v) is 7.96. The summed E-state index contributed by atoms with van der Waals surface area (Å²) in [6.07, 6.45) is 2.12. The van der Waals surface area contributed by atoms with Crippen LogP contribution in [0.15, 0.2) is 108 Å². The molecule has 3 N–H and O–H groups in total. The molecule has 1 atom stereocenters. The first-order valence-corrected chi connectivity index (χ1v) is 14.8. The molecule has 0 fully saturated rings. The maximum absolute atomic E-state index is 13.5. The second-order valence-electron chi connectivity index (χ2n) is 10.0. The van der Waals surface area contributed by atoms with E-state index in [1.807, 2.05) is 44.2 Å². The molecule has 0 aliphatic heterocycles. The predicted octanol–water partition coefficient (Wildman–Crippen LogP) is 7.13. The molecular weight excluding hydrogens is 576 g/mol. The number of thioether (sulfide) groups is 1. The van der Waals surface area contributed by atoms with Gasteiger partial charge in [-0.05, 0) is 67.8 Å². The molecule has 10 heteroatoms. The Morgan fingerprint density at radius 1 is 0.886 bits per heavy atom. The van der Waals surface area contributed by atoms with Crippen LogP contribution in [0.3, 0.4) is 0 Å². The average molecular weight is 609 g/mol. The summed E-state index contributed by atoms with van der Waals surface area (Å²) < 4.78 is 0. The third-order valence-electron chi connectivity index (χ3n) is 6.61. The molecule has 4 rings (SSSR count). The smallest absolute Gasteiger partial charge is 0.272 e. The van der Waals surface area contributed by atoms with E-state index in [9.17, 15) is 24.5 Å². The summed E-state index contributed by atoms with van der Waals surface area (Å²) in [5.74, 6) is -1.22. The number of nitrogens with zero attached hydrogens (tertiary/aromatic N) is 1. The number of rotatable bonds is 11. The molecular formula is C34H32N4O5S. The molecule has 0 aliphatic rings. The molecule has 0 aromatic heterocycles. The molecule has 3 amide bonds. The Labute approximate surface area is 259 Å². The molecule has 1 unspecified atom stereocenters. The molecule has 0 bridgehead atoms. The topological polar surface area (TPSA) is 130 Å². The Morgan fingerprint density at radius 3 is 2.34 bits per heavy atom. The van der Waals surface area contributed by atoms with Gasteiger partial charge in [0.1, 0.15) is 5.70 Å². The lowest BCUT2D eigenvalue weighted by Crippen LogP contribution is -2.30. The van der Waals surface area contributed by atoms with Gasteiger partial charge in [0, 0.05) is 28.3 Å². The van der Waals surface area contributed by atoms with Crippen LogP contribution in [0.2, 0.25) is 0 Å². The molecule has 0 saturated carbocycles. The normalized spacial score (nSPS) is 11.8. The summed E-state index contributed by atoms with van der Waals surface area (Å²) in [6.45, 7) is 5.59. The highest BCUT2D eigenvalue weighted by atomic mass is 32.2. The van der Waals surface area contributed by atoms with Gasteiger partial charge in [-0.2, -0.15) is 0 Å². The second-order valence-corrected chi connectivity index (χ2v) is 11.3. The summed E-state index contributed by atoms with van der Waals surface area (Å²) in [5.41, 5.74) is 3.71. The summed E-state index contributed by atoms with van der Waals surface area (Å²) in [5, 5.41) is 19.1. The molecule has 0 radical (unpaired) electrons. The van der Waals surface area contributed by atoms with Gasteiger partial charge in [-0.3, -0.25) is 24.5 Å². The van der Waals surface area contributed by atoms with Gasteiger partial charge < -0.3 is 16.0 Å². The van der Waals surface area contributed by atoms with Crippen molar-refractivity contribution in [1.29, 1.82) is 0 Å². The highest BCUT2D eigenvalue weighted by Crippen LogP contribution is 2.30. The van der Waals surface area contributed by atoms with Gasteiger partial charge in [0.05, 0.1) is 15.9 Å². The number of amides is 3. The summed E-state index contributed by atoms with van der Waals surface area (Å²) in [6, 6.07) is 27.6. The molecule has 0 saturated heterocycles. The minimum absolute atomic E-state index is 0.0700. The van der Waals surface area contributed by atoms with Crippen molar-refractivity contribution >= 4 is 52.6 Å². The Hall–Kier alpha value is -5.22. The highest BCUT2D eigenvalue weighted by molar-refractivity contribution is 8.00. The number of nitro benzene ring substituents is 1. The molecule has 44 heavy (non-hydrogen) atoms. The zero-order chi connectivity index (χ0) is 31.6. The van der Waals surface area contributed by atoms with Crippen molar-refractivity contribution in [1.82, 2.24) is 5.32 Å². The van der Waals surface area contributed by atoms with Crippen LogP contribution in [-0.4, -0.2) is 27.9 Å². The van der Waals surface area contributed by atoms with Crippen molar-refractivity contribution in [3.8, 4) is 0 Å². The van der Waals surface area contributed by atoms with Gasteiger partial charge in [-0.1, -0.05) is 67.1 Å². The van der Waals surface area contributed by atoms with Crippen LogP contribution in [0.1, 0.15) is 40.4 Å². The van der Waals surface area contributed by atoms with E-state index in [0.717, 1.165) is 16.0 Å². The number of carbonyl (C=O) groups excluding carboxylic acids is 3. The number of anilines is 2. The lowest BCUT2D eigenvalue weighted by Gasteiger charge is -2.17. The molecule has 0 spiro atoms. The standard InChI is InChI=1S/C34H32N4O5S/c1-4-31(34(41)36-29-21-27(38(42)43)17-16-23(29)3)44-28-15-9-14-26(20-28)35-33(40)30(19-24-11-8-10-22(2)18-24)37-32(39)25-12-6-5-7-13-25/h5-21,31H,4H2,1-3H3,(H,35,40)(H,36,41)(H,37,39)/b30-19+. The first-order valence-electron chi connectivity index (χ1n) is 13.9. The number of non-ortho nitro benzene ring substituents is 1. The van der Waals surface area contributed by atoms with Gasteiger partial charge in [-0.15, -0.1) is 11.8 Å². The van der Waals surface area contributed by atoms with Gasteiger partial charge >= 0.3 is 0 Å². The Morgan fingerprint density at radius 2 is 1.64 bits per heavy atom. The number of hydrogen-bond acceptors (Lipinski definition) is 6. The SMILES string of the molecule is CCC(Sc1cccc(NC(=O)/C(=C\c2cccc(C)c2)NC(=O)c2ccccc2)c1)C(=O)Nc1cc([N+](=O)[O-])ccc1C. The summed E-state index contributed by atoms with van der Waals surface area (Å²) in [7, 11) is 0. The average Bonchev–Trinajstić information content (AvgIpc) is 3.01. The van der Waals surface area contributed by atoms with Crippen molar-refractivity contribution in [2.75, 3.05) is 10.6 Å². The van der Waals surface area contributed by atoms with E-state index in [2.05, 4.69) is 16.0 Å². The van der Waals surface area contributed by atoms with E-state index in [4.69, 9.17) is 0 Å². The lowest BCUT2D eigenvalue weighted by atomic mass is 10.1. The largest absolute Gasteiger partial charge is 0.325 e. The minimum Gasteiger partial charge on any atom is -0.325 e. The first kappa shape index (κ1) is 31.7. The zero-order valence-electron chi connectivity index (χ0n) is 24.5. The maximum atomic E-state index is 13.5. The molecule has 224 valence electrons. The predicted molar refractivity (Wildman–Crippen MR) is 175 cm³/mol. The first-order chi connectivity index (χ1) is 21.1. The van der Waals surface area contributed by atoms with E-state index in [1.54, 1.807) is 67.6 Å². The number of benzene rings is 4. The van der Waals surface area contributed by atoms with Crippen LogP contribution >= 0.6 is 11.8 Å². The Kier molecular flexibility index (Phi) is 10.7. The number of carbonyl (C=O) groups is 3. The fraction of sp³-hybridized carbons (Fsp3) is 0.147. The lowest BCUT2D eigenvalue weighted by molar-refractivity contribution is -0.384. The van der Waals surface area contributed by atoms with E-state index in [0.29, 0.717) is 28.9 Å². The van der Waals surface area contributed by atoms with E-state index in [1.165, 1.54) is 23.9 Å². The molecule has 0 heterocycles. The zero-order valence-corrected chi connectivity index (χ0v) is 25.3. The van der Waals surface area contributed by atoms with Gasteiger partial charge in [0.2, 0.25) is 5.91 Å². The second kappa shape index (κ2) is 14.8. The highest BCUT2D eigenvalue weighted by Gasteiger charge is 2.21. The molecule has 0 aliphatic carbocycles. The minimum atomic E-state index is -0.510. The summed E-state index contributed by atoms with van der Waals surface area (Å²) in [4.78, 5) is 51.0. The van der Waals surface area contributed by atoms with E-state index in [-0.39, 0.29) is 17.3 Å². The van der Waals surface area contributed by atoms with Crippen LogP contribution < -0.4 is 16.0 Å². The summed E-state index contributed by atoms with van der Waals surface area (Å²) >= 11 is 1.31. The molecule has 9 nitrogen and oxygen atoms in total. The fourth-order valence-electron chi connectivity index (χ4n) is 4.27. The van der Waals surface area contributed by atoms with Crippen LogP contribution in [0.5, 0.6) is 0 Å². The van der Waals surface area contributed by atoms with Crippen molar-refractivity contribution in [2.24, 2.45) is 0 Å². The van der Waals surface area contributed by atoms with Gasteiger partial charge in [0.25, 0.3) is 17.5 Å². The number of nitro groups is 1. The van der Waals surface area contributed by atoms with Crippen LogP contribution in [-0.2, 0) is 9.59 Å². The van der Waals surface area contributed by atoms with Gasteiger partial charge in [0.15, 0.2) is 0 Å². The van der Waals surface area contributed by atoms with Gasteiger partial charge in [-0.25, -0.2) is 0 Å². The Balaban J connectivity index is 1.50. The molecule has 4 aromatic rings. The van der Waals surface area contributed by atoms with Crippen molar-refractivity contribution in [3.63, 3.8) is 0 Å². The van der Waals surface area contributed by atoms with Crippen LogP contribution in [0, 0.1) is 24.0 Å². The van der Waals surface area contributed by atoms with Crippen molar-refractivity contribution in [3.05, 3.63) is 135 Å². The molecule has 4 aromatic carbocycles. The number of hydrogen-bond donors (Lipinski definition) is 3. The van der Waals surface area contributed by atoms with E-state index < -0.39 is 22.0 Å². The van der Waals surface area contributed by atoms with E-state index >= 15 is 0 Å². The fourth-order valence-corrected chi connectivity index (χ4v) is 5.29. The van der Waals surface area contributed by atoms with Crippen molar-refractivity contribution in [2.45, 2.75) is 37.3 Å². The monoisotopic (exact) mass is 608 g/mol. The number of nitrogens with one attached hydrogen (secondary N) is 3. The number of aryl methyl sites for hydroxylation is 2. The Bertz CT molecular complexity index is 1720. The third kappa shape index (κ3) is 8.65.